The first-order chi connectivity index (χ1) is 13.5. The molecule has 0 radical (unpaired) electrons. The van der Waals surface area contributed by atoms with Gasteiger partial charge in [-0.1, -0.05) is 30.0 Å². The van der Waals surface area contributed by atoms with E-state index in [2.05, 4.69) is 15.5 Å². The summed E-state index contributed by atoms with van der Waals surface area (Å²) in [5, 5.41) is 11.7. The van der Waals surface area contributed by atoms with E-state index in [1.165, 1.54) is 23.1 Å². The van der Waals surface area contributed by atoms with Crippen LogP contribution in [-0.2, 0) is 17.6 Å². The molecule has 0 bridgehead atoms. The number of thiophene rings is 1. The predicted octanol–water partition coefficient (Wildman–Crippen LogP) is 3.04. The largest absolute Gasteiger partial charge is 0.365 e. The van der Waals surface area contributed by atoms with Crippen molar-refractivity contribution in [1.82, 2.24) is 14.8 Å². The number of carbonyl (C=O) groups is 2. The van der Waals surface area contributed by atoms with E-state index in [9.17, 15) is 9.59 Å². The van der Waals surface area contributed by atoms with Gasteiger partial charge in [-0.15, -0.1) is 21.5 Å². The molecule has 2 amide bonds. The summed E-state index contributed by atoms with van der Waals surface area (Å²) in [4.78, 5) is 25.8. The first kappa shape index (κ1) is 18.7. The molecule has 0 fully saturated rings. The lowest BCUT2D eigenvalue weighted by atomic mass is 10.1. The van der Waals surface area contributed by atoms with Crippen molar-refractivity contribution in [2.75, 3.05) is 5.32 Å². The van der Waals surface area contributed by atoms with Gasteiger partial charge in [-0.2, -0.15) is 0 Å². The standard InChI is InChI=1S/C19H19N5O2S2/c1-11(27-19-23-21-10-24(19)12-6-3-2-4-7-12)17(26)22-18-15(16(20)25)13-8-5-9-14(13)28-18/h2-4,6-7,10-11H,5,8-9H2,1H3,(H2,20,25)(H,22,26)/t11-/m0/s1. The number of aromatic nitrogens is 3. The van der Waals surface area contributed by atoms with Crippen LogP contribution in [0.15, 0.2) is 41.8 Å². The number of aryl methyl sites for hydroxylation is 1. The van der Waals surface area contributed by atoms with E-state index >= 15 is 0 Å². The number of carbonyl (C=O) groups excluding carboxylic acids is 2. The zero-order valence-electron chi connectivity index (χ0n) is 15.2. The molecule has 0 spiro atoms. The molecule has 3 N–H and O–H groups in total. The Morgan fingerprint density at radius 1 is 1.29 bits per heavy atom. The Kier molecular flexibility index (Phi) is 5.19. The molecule has 2 aromatic heterocycles. The van der Waals surface area contributed by atoms with Gasteiger partial charge >= 0.3 is 0 Å². The molecule has 144 valence electrons. The zero-order valence-corrected chi connectivity index (χ0v) is 16.8. The number of anilines is 1. The summed E-state index contributed by atoms with van der Waals surface area (Å²) in [6.07, 6.45) is 4.42. The number of para-hydroxylation sites is 1. The highest BCUT2D eigenvalue weighted by Crippen LogP contribution is 2.39. The van der Waals surface area contributed by atoms with Gasteiger partial charge in [0.25, 0.3) is 5.91 Å². The van der Waals surface area contributed by atoms with Gasteiger partial charge in [0.05, 0.1) is 10.8 Å². The number of thioether (sulfide) groups is 1. The topological polar surface area (TPSA) is 103 Å². The van der Waals surface area contributed by atoms with Crippen LogP contribution in [0.4, 0.5) is 5.00 Å². The minimum absolute atomic E-state index is 0.199. The maximum atomic E-state index is 12.8. The molecule has 0 unspecified atom stereocenters. The van der Waals surface area contributed by atoms with E-state index in [1.54, 1.807) is 13.3 Å². The Bertz CT molecular complexity index is 1030. The molecule has 0 saturated heterocycles. The van der Waals surface area contributed by atoms with Crippen molar-refractivity contribution in [1.29, 1.82) is 0 Å². The van der Waals surface area contributed by atoms with Crippen LogP contribution in [0.25, 0.3) is 5.69 Å². The number of rotatable bonds is 6. The quantitative estimate of drug-likeness (QED) is 0.605. The number of nitrogens with zero attached hydrogens (tertiary/aromatic N) is 3. The fourth-order valence-corrected chi connectivity index (χ4v) is 5.39. The van der Waals surface area contributed by atoms with Gasteiger partial charge in [-0.05, 0) is 43.9 Å². The van der Waals surface area contributed by atoms with Crippen LogP contribution in [0.5, 0.6) is 0 Å². The van der Waals surface area contributed by atoms with E-state index < -0.39 is 11.2 Å². The molecule has 1 atom stereocenters. The Morgan fingerprint density at radius 3 is 2.82 bits per heavy atom. The second-order valence-electron chi connectivity index (χ2n) is 6.49. The van der Waals surface area contributed by atoms with Gasteiger partial charge in [0, 0.05) is 10.6 Å². The summed E-state index contributed by atoms with van der Waals surface area (Å²) < 4.78 is 1.84. The molecular formula is C19H19N5O2S2. The Morgan fingerprint density at radius 2 is 2.07 bits per heavy atom. The van der Waals surface area contributed by atoms with E-state index in [0.29, 0.717) is 15.7 Å². The minimum atomic E-state index is -0.487. The van der Waals surface area contributed by atoms with Gasteiger partial charge in [0.15, 0.2) is 5.16 Å². The summed E-state index contributed by atoms with van der Waals surface area (Å²) in [5.74, 6) is -0.686. The third-order valence-electron chi connectivity index (χ3n) is 4.61. The summed E-state index contributed by atoms with van der Waals surface area (Å²) in [6.45, 7) is 1.80. The maximum Gasteiger partial charge on any atom is 0.251 e. The van der Waals surface area contributed by atoms with E-state index in [0.717, 1.165) is 35.4 Å². The summed E-state index contributed by atoms with van der Waals surface area (Å²) >= 11 is 2.77. The SMILES string of the molecule is C[C@H](Sc1nncn1-c1ccccc1)C(=O)Nc1sc2c(c1C(N)=O)CCC2. The van der Waals surface area contributed by atoms with Gasteiger partial charge in [-0.25, -0.2) is 0 Å². The van der Waals surface area contributed by atoms with Crippen molar-refractivity contribution in [3.05, 3.63) is 52.7 Å². The fraction of sp³-hybridized carbons (Fsp3) is 0.263. The van der Waals surface area contributed by atoms with Crippen molar-refractivity contribution in [2.24, 2.45) is 5.73 Å². The number of amides is 2. The molecule has 7 nitrogen and oxygen atoms in total. The fourth-order valence-electron chi connectivity index (χ4n) is 3.25. The number of nitrogens with one attached hydrogen (secondary N) is 1. The number of fused-ring (bicyclic) bond motifs is 1. The van der Waals surface area contributed by atoms with Crippen LogP contribution >= 0.6 is 23.1 Å². The van der Waals surface area contributed by atoms with Gasteiger partial charge < -0.3 is 11.1 Å². The predicted molar refractivity (Wildman–Crippen MR) is 110 cm³/mol. The van der Waals surface area contributed by atoms with Crippen molar-refractivity contribution in [3.63, 3.8) is 0 Å². The number of nitrogens with two attached hydrogens (primary N) is 1. The van der Waals surface area contributed by atoms with Crippen LogP contribution in [0.3, 0.4) is 0 Å². The van der Waals surface area contributed by atoms with Crippen LogP contribution in [0.1, 0.15) is 34.1 Å². The minimum Gasteiger partial charge on any atom is -0.365 e. The van der Waals surface area contributed by atoms with E-state index in [1.807, 2.05) is 34.9 Å². The summed E-state index contributed by atoms with van der Waals surface area (Å²) in [7, 11) is 0. The summed E-state index contributed by atoms with van der Waals surface area (Å²) in [5.41, 5.74) is 7.96. The average Bonchev–Trinajstić information content (AvgIpc) is 3.38. The molecule has 28 heavy (non-hydrogen) atoms. The zero-order chi connectivity index (χ0) is 19.7. The van der Waals surface area contributed by atoms with Crippen molar-refractivity contribution in [2.45, 2.75) is 36.6 Å². The Hall–Kier alpha value is -2.65. The lowest BCUT2D eigenvalue weighted by molar-refractivity contribution is -0.115. The highest BCUT2D eigenvalue weighted by Gasteiger charge is 2.27. The molecule has 9 heteroatoms. The van der Waals surface area contributed by atoms with Crippen molar-refractivity contribution < 1.29 is 9.59 Å². The molecule has 0 saturated carbocycles. The normalized spacial score (nSPS) is 13.9. The number of primary amides is 1. The number of hydrogen-bond donors (Lipinski definition) is 2. The van der Waals surface area contributed by atoms with Gasteiger partial charge in [-0.3, -0.25) is 14.2 Å². The number of hydrogen-bond acceptors (Lipinski definition) is 6. The monoisotopic (exact) mass is 413 g/mol. The van der Waals surface area contributed by atoms with Crippen LogP contribution in [-0.4, -0.2) is 31.8 Å². The molecule has 0 aliphatic heterocycles. The van der Waals surface area contributed by atoms with Gasteiger partial charge in [0.2, 0.25) is 5.91 Å². The second kappa shape index (κ2) is 7.76. The van der Waals surface area contributed by atoms with Crippen LogP contribution in [0.2, 0.25) is 0 Å². The first-order valence-corrected chi connectivity index (χ1v) is 10.6. The van der Waals surface area contributed by atoms with Gasteiger partial charge in [0.1, 0.15) is 11.3 Å². The molecule has 1 aromatic carbocycles. The van der Waals surface area contributed by atoms with Crippen molar-refractivity contribution in [3.8, 4) is 5.69 Å². The third kappa shape index (κ3) is 3.55. The lowest BCUT2D eigenvalue weighted by Crippen LogP contribution is -2.24. The van der Waals surface area contributed by atoms with E-state index in [4.69, 9.17) is 5.73 Å². The lowest BCUT2D eigenvalue weighted by Gasteiger charge is -2.12. The van der Waals surface area contributed by atoms with E-state index in [-0.39, 0.29) is 5.91 Å². The Labute approximate surface area is 170 Å². The molecule has 1 aliphatic rings. The molecule has 4 rings (SSSR count). The number of benzene rings is 1. The smallest absolute Gasteiger partial charge is 0.251 e. The second-order valence-corrected chi connectivity index (χ2v) is 8.91. The molecule has 1 aliphatic carbocycles. The first-order valence-electron chi connectivity index (χ1n) is 8.92. The maximum absolute atomic E-state index is 12.8. The average molecular weight is 414 g/mol. The Balaban J connectivity index is 1.50. The van der Waals surface area contributed by atoms with Crippen molar-refractivity contribution >= 4 is 39.9 Å². The van der Waals surface area contributed by atoms with Crippen LogP contribution < -0.4 is 11.1 Å². The molecule has 3 aromatic rings. The highest BCUT2D eigenvalue weighted by atomic mass is 32.2. The highest BCUT2D eigenvalue weighted by molar-refractivity contribution is 8.00. The molecule has 2 heterocycles. The molecular weight excluding hydrogens is 394 g/mol. The summed E-state index contributed by atoms with van der Waals surface area (Å²) in [6, 6.07) is 9.70. The van der Waals surface area contributed by atoms with Crippen LogP contribution in [0, 0.1) is 0 Å². The third-order valence-corrected chi connectivity index (χ3v) is 6.87.